The molecular formula is C16H25Cl2N3O. The average Bonchev–Trinajstić information content (AvgIpc) is 2.50. The van der Waals surface area contributed by atoms with Gasteiger partial charge in [-0.05, 0) is 24.7 Å². The molecule has 0 aromatic heterocycles. The predicted molar refractivity (Wildman–Crippen MR) is 93.8 cm³/mol. The van der Waals surface area contributed by atoms with Crippen molar-refractivity contribution in [2.24, 2.45) is 0 Å². The number of hydrogen-bond donors (Lipinski definition) is 1. The predicted octanol–water partition coefficient (Wildman–Crippen LogP) is 2.58. The highest BCUT2D eigenvalue weighted by Gasteiger charge is 2.24. The molecule has 0 aliphatic carbocycles. The number of carbonyl (C=O) groups is 1. The van der Waals surface area contributed by atoms with Crippen molar-refractivity contribution in [3.8, 4) is 0 Å². The first-order chi connectivity index (χ1) is 10.1. The van der Waals surface area contributed by atoms with Crippen molar-refractivity contribution >= 4 is 29.9 Å². The molecule has 1 N–H and O–H groups in total. The molecule has 1 aliphatic heterocycles. The van der Waals surface area contributed by atoms with Crippen molar-refractivity contribution in [2.75, 3.05) is 39.8 Å². The number of amides is 1. The Morgan fingerprint density at radius 3 is 2.36 bits per heavy atom. The first kappa shape index (κ1) is 19.2. The Hall–Kier alpha value is -0.810. The fourth-order valence-electron chi connectivity index (χ4n) is 2.61. The number of nitrogens with one attached hydrogen (secondary N) is 1. The van der Waals surface area contributed by atoms with Crippen molar-refractivity contribution in [3.63, 3.8) is 0 Å². The van der Waals surface area contributed by atoms with Crippen molar-refractivity contribution in [3.05, 3.63) is 34.9 Å². The number of carbonyl (C=O) groups excluding carboxylic acids is 1. The van der Waals surface area contributed by atoms with E-state index in [9.17, 15) is 4.79 Å². The summed E-state index contributed by atoms with van der Waals surface area (Å²) in [6.45, 7) is 6.69. The first-order valence-corrected chi connectivity index (χ1v) is 7.92. The molecule has 1 aromatic rings. The van der Waals surface area contributed by atoms with E-state index in [-0.39, 0.29) is 24.4 Å². The molecule has 1 saturated heterocycles. The van der Waals surface area contributed by atoms with E-state index in [2.05, 4.69) is 34.3 Å². The Bertz CT molecular complexity index is 459. The zero-order chi connectivity index (χ0) is 15.2. The quantitative estimate of drug-likeness (QED) is 0.890. The first-order valence-electron chi connectivity index (χ1n) is 7.55. The molecule has 0 bridgehead atoms. The summed E-state index contributed by atoms with van der Waals surface area (Å²) in [6.07, 6.45) is 0.524. The molecule has 2 rings (SSSR count). The molecule has 1 fully saturated rings. The Morgan fingerprint density at radius 2 is 1.82 bits per heavy atom. The summed E-state index contributed by atoms with van der Waals surface area (Å²) in [6, 6.07) is 8.17. The third-order valence-electron chi connectivity index (χ3n) is 4.05. The van der Waals surface area contributed by atoms with Gasteiger partial charge in [0.15, 0.2) is 0 Å². The van der Waals surface area contributed by atoms with Crippen LogP contribution >= 0.6 is 24.0 Å². The maximum atomic E-state index is 11.6. The van der Waals surface area contributed by atoms with Crippen molar-refractivity contribution in [1.29, 1.82) is 0 Å². The van der Waals surface area contributed by atoms with Crippen molar-refractivity contribution < 1.29 is 4.79 Å². The highest BCUT2D eigenvalue weighted by molar-refractivity contribution is 6.30. The van der Waals surface area contributed by atoms with Crippen LogP contribution in [-0.2, 0) is 4.79 Å². The van der Waals surface area contributed by atoms with Crippen LogP contribution in [0.2, 0.25) is 5.02 Å². The third kappa shape index (κ3) is 5.43. The van der Waals surface area contributed by atoms with Gasteiger partial charge in [-0.15, -0.1) is 12.4 Å². The third-order valence-corrected chi connectivity index (χ3v) is 4.30. The standard InChI is InChI=1S/C16H24ClN3O.ClH/c1-3-16(21)18-12-15(13-4-6-14(17)7-5-13)20-10-8-19(2)9-11-20;/h4-7,15H,3,8-12H2,1-2H3,(H,18,21);1H. The van der Waals surface area contributed by atoms with Gasteiger partial charge >= 0.3 is 0 Å². The van der Waals surface area contributed by atoms with Crippen LogP contribution in [-0.4, -0.2) is 55.5 Å². The van der Waals surface area contributed by atoms with Gasteiger partial charge in [-0.25, -0.2) is 0 Å². The van der Waals surface area contributed by atoms with E-state index in [0.29, 0.717) is 13.0 Å². The number of nitrogens with zero attached hydrogens (tertiary/aromatic N) is 2. The summed E-state index contributed by atoms with van der Waals surface area (Å²) in [5.41, 5.74) is 1.21. The molecule has 124 valence electrons. The normalized spacial score (nSPS) is 17.6. The number of piperazine rings is 1. The maximum absolute atomic E-state index is 11.6. The van der Waals surface area contributed by atoms with Gasteiger partial charge < -0.3 is 10.2 Å². The summed E-state index contributed by atoms with van der Waals surface area (Å²) in [7, 11) is 2.15. The molecule has 1 unspecified atom stereocenters. The summed E-state index contributed by atoms with van der Waals surface area (Å²) in [4.78, 5) is 16.4. The Labute approximate surface area is 144 Å². The van der Waals surface area contributed by atoms with Crippen LogP contribution in [0.5, 0.6) is 0 Å². The highest BCUT2D eigenvalue weighted by Crippen LogP contribution is 2.23. The van der Waals surface area contributed by atoms with Gasteiger partial charge in [0.05, 0.1) is 6.04 Å². The van der Waals surface area contributed by atoms with Gasteiger partial charge in [0.25, 0.3) is 0 Å². The Morgan fingerprint density at radius 1 is 1.23 bits per heavy atom. The van der Waals surface area contributed by atoms with E-state index in [0.717, 1.165) is 31.2 Å². The van der Waals surface area contributed by atoms with Gasteiger partial charge in [0.1, 0.15) is 0 Å². The Balaban J connectivity index is 0.00000242. The minimum atomic E-state index is 0. The van der Waals surface area contributed by atoms with Gasteiger partial charge in [-0.2, -0.15) is 0 Å². The second kappa shape index (κ2) is 9.36. The minimum Gasteiger partial charge on any atom is -0.354 e. The van der Waals surface area contributed by atoms with Crippen molar-refractivity contribution in [2.45, 2.75) is 19.4 Å². The summed E-state index contributed by atoms with van der Waals surface area (Å²) < 4.78 is 0. The molecule has 6 heteroatoms. The van der Waals surface area contributed by atoms with E-state index >= 15 is 0 Å². The van der Waals surface area contributed by atoms with Gasteiger partial charge in [0.2, 0.25) is 5.91 Å². The van der Waals surface area contributed by atoms with E-state index in [4.69, 9.17) is 11.6 Å². The van der Waals surface area contributed by atoms with Crippen LogP contribution < -0.4 is 5.32 Å². The largest absolute Gasteiger partial charge is 0.354 e. The number of halogens is 2. The van der Waals surface area contributed by atoms with E-state index in [1.165, 1.54) is 5.56 Å². The molecule has 0 spiro atoms. The van der Waals surface area contributed by atoms with Gasteiger partial charge in [-0.3, -0.25) is 9.69 Å². The summed E-state index contributed by atoms with van der Waals surface area (Å²) in [5, 5.41) is 3.77. The number of hydrogen-bond acceptors (Lipinski definition) is 3. The zero-order valence-corrected chi connectivity index (χ0v) is 14.8. The maximum Gasteiger partial charge on any atom is 0.219 e. The minimum absolute atomic E-state index is 0. The molecule has 4 nitrogen and oxygen atoms in total. The molecule has 1 amide bonds. The monoisotopic (exact) mass is 345 g/mol. The van der Waals surface area contributed by atoms with Gasteiger partial charge in [0, 0.05) is 44.2 Å². The zero-order valence-electron chi connectivity index (χ0n) is 13.2. The fraction of sp³-hybridized carbons (Fsp3) is 0.562. The molecule has 0 saturated carbocycles. The molecular weight excluding hydrogens is 321 g/mol. The average molecular weight is 346 g/mol. The van der Waals surface area contributed by atoms with E-state index < -0.39 is 0 Å². The fourth-order valence-corrected chi connectivity index (χ4v) is 2.74. The summed E-state index contributed by atoms with van der Waals surface area (Å²) >= 11 is 5.98. The molecule has 1 aromatic carbocycles. The number of likely N-dealkylation sites (N-methyl/N-ethyl adjacent to an activating group) is 1. The Kier molecular flexibility index (Phi) is 8.18. The lowest BCUT2D eigenvalue weighted by molar-refractivity contribution is -0.121. The molecule has 22 heavy (non-hydrogen) atoms. The lowest BCUT2D eigenvalue weighted by Crippen LogP contribution is -2.48. The summed E-state index contributed by atoms with van der Waals surface area (Å²) in [5.74, 6) is 0.100. The van der Waals surface area contributed by atoms with Crippen LogP contribution in [0.15, 0.2) is 24.3 Å². The molecule has 1 aliphatic rings. The van der Waals surface area contributed by atoms with Crippen LogP contribution in [0.4, 0.5) is 0 Å². The molecule has 1 atom stereocenters. The SMILES string of the molecule is CCC(=O)NCC(c1ccc(Cl)cc1)N1CCN(C)CC1.Cl. The van der Waals surface area contributed by atoms with E-state index in [1.807, 2.05) is 19.1 Å². The van der Waals surface area contributed by atoms with E-state index in [1.54, 1.807) is 0 Å². The topological polar surface area (TPSA) is 35.6 Å². The van der Waals surface area contributed by atoms with Crippen LogP contribution in [0, 0.1) is 0 Å². The lowest BCUT2D eigenvalue weighted by atomic mass is 10.0. The van der Waals surface area contributed by atoms with Crippen LogP contribution in [0.25, 0.3) is 0 Å². The smallest absolute Gasteiger partial charge is 0.219 e. The molecule has 0 radical (unpaired) electrons. The molecule has 1 heterocycles. The number of benzene rings is 1. The van der Waals surface area contributed by atoms with Gasteiger partial charge in [-0.1, -0.05) is 30.7 Å². The lowest BCUT2D eigenvalue weighted by Gasteiger charge is -2.38. The van der Waals surface area contributed by atoms with Crippen LogP contribution in [0.1, 0.15) is 24.9 Å². The number of rotatable bonds is 5. The van der Waals surface area contributed by atoms with Crippen LogP contribution in [0.3, 0.4) is 0 Å². The van der Waals surface area contributed by atoms with Crippen molar-refractivity contribution in [1.82, 2.24) is 15.1 Å². The second-order valence-electron chi connectivity index (χ2n) is 5.56. The second-order valence-corrected chi connectivity index (χ2v) is 6.00. The highest BCUT2D eigenvalue weighted by atomic mass is 35.5.